The number of likely N-dealkylation sites (tertiary alicyclic amines) is 1. The molecule has 1 saturated heterocycles. The first-order chi connectivity index (χ1) is 13.1. The van der Waals surface area contributed by atoms with Gasteiger partial charge >= 0.3 is 0 Å². The molecule has 1 spiro atoms. The standard InChI is InChI=1S/C23H32N2O2/c1-15(2)17-3-6-21-19(11-17)23(8-10-27-21)12-20(23)22(26)24-13-16-7-9-25(14-16)18-4-5-18/h3,6,11,15-16,18,20H,4-5,7-10,12-14H2,1-2H3,(H,24,26)/t16-,20-,23-/m0/s1. The molecule has 146 valence electrons. The number of amides is 1. The summed E-state index contributed by atoms with van der Waals surface area (Å²) >= 11 is 0. The fourth-order valence-corrected chi connectivity index (χ4v) is 5.29. The third-order valence-corrected chi connectivity index (χ3v) is 7.35. The normalized spacial score (nSPS) is 32.4. The largest absolute Gasteiger partial charge is 0.493 e. The molecule has 4 nitrogen and oxygen atoms in total. The van der Waals surface area contributed by atoms with E-state index in [0.717, 1.165) is 37.8 Å². The van der Waals surface area contributed by atoms with E-state index in [4.69, 9.17) is 4.74 Å². The van der Waals surface area contributed by atoms with Crippen molar-refractivity contribution in [3.63, 3.8) is 0 Å². The van der Waals surface area contributed by atoms with Gasteiger partial charge < -0.3 is 15.0 Å². The van der Waals surface area contributed by atoms with Crippen LogP contribution in [0.15, 0.2) is 18.2 Å². The molecule has 3 atom stereocenters. The van der Waals surface area contributed by atoms with Gasteiger partial charge in [-0.15, -0.1) is 0 Å². The molecule has 4 aliphatic rings. The molecule has 4 heteroatoms. The second-order valence-corrected chi connectivity index (χ2v) is 9.55. The Morgan fingerprint density at radius 1 is 1.33 bits per heavy atom. The van der Waals surface area contributed by atoms with Gasteiger partial charge in [0, 0.05) is 36.0 Å². The number of rotatable bonds is 5. The fraction of sp³-hybridized carbons (Fsp3) is 0.696. The minimum Gasteiger partial charge on any atom is -0.493 e. The topological polar surface area (TPSA) is 41.6 Å². The van der Waals surface area contributed by atoms with Gasteiger partial charge in [-0.25, -0.2) is 0 Å². The number of carbonyl (C=O) groups excluding carboxylic acids is 1. The van der Waals surface area contributed by atoms with Crippen LogP contribution in [0.4, 0.5) is 0 Å². The van der Waals surface area contributed by atoms with Crippen LogP contribution in [0, 0.1) is 11.8 Å². The number of hydrogen-bond donors (Lipinski definition) is 1. The van der Waals surface area contributed by atoms with Crippen molar-refractivity contribution in [3.8, 4) is 5.75 Å². The van der Waals surface area contributed by atoms with Crippen LogP contribution in [0.25, 0.3) is 0 Å². The monoisotopic (exact) mass is 368 g/mol. The van der Waals surface area contributed by atoms with Gasteiger partial charge in [0.15, 0.2) is 0 Å². The van der Waals surface area contributed by atoms with Gasteiger partial charge in [0.2, 0.25) is 5.91 Å². The first kappa shape index (κ1) is 17.5. The number of fused-ring (bicyclic) bond motifs is 2. The summed E-state index contributed by atoms with van der Waals surface area (Å²) in [6.07, 6.45) is 5.95. The molecule has 2 aliphatic heterocycles. The highest BCUT2D eigenvalue weighted by Crippen LogP contribution is 2.61. The molecule has 2 aliphatic carbocycles. The van der Waals surface area contributed by atoms with Crippen LogP contribution in [-0.4, -0.2) is 43.1 Å². The van der Waals surface area contributed by atoms with Crippen LogP contribution >= 0.6 is 0 Å². The maximum Gasteiger partial charge on any atom is 0.224 e. The summed E-state index contributed by atoms with van der Waals surface area (Å²) in [6, 6.07) is 7.44. The third-order valence-electron chi connectivity index (χ3n) is 7.35. The van der Waals surface area contributed by atoms with Gasteiger partial charge in [-0.1, -0.05) is 26.0 Å². The van der Waals surface area contributed by atoms with Crippen molar-refractivity contribution in [2.24, 2.45) is 11.8 Å². The van der Waals surface area contributed by atoms with E-state index in [1.165, 1.54) is 43.5 Å². The summed E-state index contributed by atoms with van der Waals surface area (Å²) in [7, 11) is 0. The van der Waals surface area contributed by atoms with E-state index in [1.807, 2.05) is 0 Å². The molecular formula is C23H32N2O2. The third kappa shape index (κ3) is 3.16. The summed E-state index contributed by atoms with van der Waals surface area (Å²) in [5, 5.41) is 3.30. The van der Waals surface area contributed by atoms with E-state index in [-0.39, 0.29) is 17.2 Å². The lowest BCUT2D eigenvalue weighted by Crippen LogP contribution is -2.35. The van der Waals surface area contributed by atoms with E-state index in [1.54, 1.807) is 0 Å². The second-order valence-electron chi connectivity index (χ2n) is 9.55. The van der Waals surface area contributed by atoms with Crippen LogP contribution in [0.5, 0.6) is 5.75 Å². The first-order valence-electron chi connectivity index (χ1n) is 10.9. The highest BCUT2D eigenvalue weighted by molar-refractivity contribution is 5.85. The Bertz CT molecular complexity index is 742. The van der Waals surface area contributed by atoms with E-state index >= 15 is 0 Å². The molecule has 27 heavy (non-hydrogen) atoms. The van der Waals surface area contributed by atoms with Crippen molar-refractivity contribution in [2.45, 2.75) is 63.3 Å². The molecule has 2 heterocycles. The van der Waals surface area contributed by atoms with Crippen molar-refractivity contribution in [1.82, 2.24) is 10.2 Å². The number of nitrogens with zero attached hydrogens (tertiary/aromatic N) is 1. The van der Waals surface area contributed by atoms with E-state index in [2.05, 4.69) is 42.3 Å². The minimum absolute atomic E-state index is 0.0261. The van der Waals surface area contributed by atoms with Crippen LogP contribution in [0.1, 0.15) is 63.0 Å². The van der Waals surface area contributed by atoms with Gasteiger partial charge in [-0.05, 0) is 62.1 Å². The van der Waals surface area contributed by atoms with Gasteiger partial charge in [0.05, 0.1) is 6.61 Å². The quantitative estimate of drug-likeness (QED) is 0.865. The zero-order valence-electron chi connectivity index (χ0n) is 16.7. The van der Waals surface area contributed by atoms with Gasteiger partial charge in [-0.2, -0.15) is 0 Å². The Kier molecular flexibility index (Phi) is 4.23. The SMILES string of the molecule is CC(C)c1ccc2c(c1)[C@]1(CCO2)C[C@H]1C(=O)NC[C@@H]1CCN(C2CC2)C1. The molecule has 1 N–H and O–H groups in total. The molecular weight excluding hydrogens is 336 g/mol. The molecule has 5 rings (SSSR count). The number of hydrogen-bond acceptors (Lipinski definition) is 3. The molecule has 0 bridgehead atoms. The maximum absolute atomic E-state index is 12.9. The summed E-state index contributed by atoms with van der Waals surface area (Å²) in [6.45, 7) is 8.43. The Morgan fingerprint density at radius 3 is 2.96 bits per heavy atom. The van der Waals surface area contributed by atoms with Crippen molar-refractivity contribution < 1.29 is 9.53 Å². The van der Waals surface area contributed by atoms with Crippen molar-refractivity contribution in [3.05, 3.63) is 29.3 Å². The van der Waals surface area contributed by atoms with E-state index in [9.17, 15) is 4.79 Å². The molecule has 0 radical (unpaired) electrons. The zero-order valence-corrected chi connectivity index (χ0v) is 16.7. The van der Waals surface area contributed by atoms with Gasteiger partial charge in [-0.3, -0.25) is 4.79 Å². The van der Waals surface area contributed by atoms with Gasteiger partial charge in [0.1, 0.15) is 5.75 Å². The summed E-state index contributed by atoms with van der Waals surface area (Å²) < 4.78 is 5.91. The predicted octanol–water partition coefficient (Wildman–Crippen LogP) is 3.45. The number of nitrogens with one attached hydrogen (secondary N) is 1. The molecule has 2 saturated carbocycles. The Morgan fingerprint density at radius 2 is 2.19 bits per heavy atom. The molecule has 0 unspecified atom stereocenters. The second kappa shape index (κ2) is 6.51. The molecule has 0 aromatic heterocycles. The predicted molar refractivity (Wildman–Crippen MR) is 106 cm³/mol. The molecule has 1 amide bonds. The molecule has 1 aromatic carbocycles. The lowest BCUT2D eigenvalue weighted by molar-refractivity contribution is -0.123. The fourth-order valence-electron chi connectivity index (χ4n) is 5.29. The Labute approximate surface area is 162 Å². The van der Waals surface area contributed by atoms with Crippen LogP contribution in [0.2, 0.25) is 0 Å². The summed E-state index contributed by atoms with van der Waals surface area (Å²) in [5.74, 6) is 2.53. The number of carbonyl (C=O) groups is 1. The number of benzene rings is 1. The smallest absolute Gasteiger partial charge is 0.224 e. The van der Waals surface area contributed by atoms with E-state index in [0.29, 0.717) is 11.8 Å². The Hall–Kier alpha value is -1.55. The maximum atomic E-state index is 12.9. The van der Waals surface area contributed by atoms with E-state index < -0.39 is 0 Å². The van der Waals surface area contributed by atoms with Crippen molar-refractivity contribution >= 4 is 5.91 Å². The summed E-state index contributed by atoms with van der Waals surface area (Å²) in [5.41, 5.74) is 2.65. The highest BCUT2D eigenvalue weighted by atomic mass is 16.5. The zero-order chi connectivity index (χ0) is 18.6. The van der Waals surface area contributed by atoms with Gasteiger partial charge in [0.25, 0.3) is 0 Å². The molecule has 1 aromatic rings. The Balaban J connectivity index is 1.23. The lowest BCUT2D eigenvalue weighted by atomic mass is 9.85. The van der Waals surface area contributed by atoms with Crippen molar-refractivity contribution in [1.29, 1.82) is 0 Å². The summed E-state index contributed by atoms with van der Waals surface area (Å²) in [4.78, 5) is 15.5. The first-order valence-corrected chi connectivity index (χ1v) is 10.9. The average Bonchev–Trinajstić information content (AvgIpc) is 3.59. The average molecular weight is 369 g/mol. The van der Waals surface area contributed by atoms with Crippen molar-refractivity contribution in [2.75, 3.05) is 26.2 Å². The van der Waals surface area contributed by atoms with Crippen LogP contribution in [0.3, 0.4) is 0 Å². The van der Waals surface area contributed by atoms with Crippen LogP contribution < -0.4 is 10.1 Å². The highest BCUT2D eigenvalue weighted by Gasteiger charge is 2.61. The number of ether oxygens (including phenoxy) is 1. The molecule has 3 fully saturated rings. The minimum atomic E-state index is 0.0261. The lowest BCUT2D eigenvalue weighted by Gasteiger charge is -2.28. The van der Waals surface area contributed by atoms with Crippen LogP contribution in [-0.2, 0) is 10.2 Å².